The first kappa shape index (κ1) is 23.3. The Morgan fingerprint density at radius 1 is 1.06 bits per heavy atom. The van der Waals surface area contributed by atoms with Gasteiger partial charge in [-0.3, -0.25) is 9.59 Å². The maximum Gasteiger partial charge on any atom is 0.281 e. The Hall–Kier alpha value is -3.85. The molecule has 0 fully saturated rings. The number of hydrogen-bond acceptors (Lipinski definition) is 8. The maximum absolute atomic E-state index is 13.2. The van der Waals surface area contributed by atoms with E-state index in [4.69, 9.17) is 18.9 Å². The van der Waals surface area contributed by atoms with Crippen LogP contribution in [0.4, 0.5) is 0 Å². The van der Waals surface area contributed by atoms with Crippen LogP contribution in [0.2, 0.25) is 0 Å². The van der Waals surface area contributed by atoms with Gasteiger partial charge < -0.3 is 18.9 Å². The monoisotopic (exact) mass is 480 g/mol. The lowest BCUT2D eigenvalue weighted by Gasteiger charge is -2.23. The van der Waals surface area contributed by atoms with E-state index in [1.54, 1.807) is 43.8 Å². The Morgan fingerprint density at radius 3 is 2.53 bits per heavy atom. The van der Waals surface area contributed by atoms with Gasteiger partial charge in [-0.15, -0.1) is 11.3 Å². The van der Waals surface area contributed by atoms with Crippen molar-refractivity contribution in [3.63, 3.8) is 0 Å². The number of hydrazone groups is 1. The summed E-state index contributed by atoms with van der Waals surface area (Å²) in [5.41, 5.74) is 1.98. The Labute approximate surface area is 201 Å². The fraction of sp³-hybridized carbons (Fsp3) is 0.240. The SMILES string of the molecule is COc1ccc(OCC(=O)N2N=C(c3cccs3)CC2c2ccc(OC)c(OC)c2)c(C=O)c1. The highest BCUT2D eigenvalue weighted by Crippen LogP contribution is 2.38. The molecular formula is C25H24N2O6S. The van der Waals surface area contributed by atoms with Crippen molar-refractivity contribution < 1.29 is 28.5 Å². The molecule has 2 aromatic carbocycles. The van der Waals surface area contributed by atoms with Crippen molar-refractivity contribution in [1.29, 1.82) is 0 Å². The van der Waals surface area contributed by atoms with Crippen LogP contribution in [0.5, 0.6) is 23.0 Å². The molecule has 9 heteroatoms. The normalized spacial score (nSPS) is 15.0. The summed E-state index contributed by atoms with van der Waals surface area (Å²) in [6.07, 6.45) is 1.21. The van der Waals surface area contributed by atoms with Crippen molar-refractivity contribution in [2.24, 2.45) is 5.10 Å². The molecule has 3 aromatic rings. The second-order valence-electron chi connectivity index (χ2n) is 7.41. The molecule has 1 aromatic heterocycles. The summed E-state index contributed by atoms with van der Waals surface area (Å²) in [5, 5.41) is 8.06. The van der Waals surface area contributed by atoms with Crippen molar-refractivity contribution in [3.8, 4) is 23.0 Å². The van der Waals surface area contributed by atoms with E-state index < -0.39 is 0 Å². The Kier molecular flexibility index (Phi) is 7.12. The molecule has 1 aliphatic rings. The molecule has 1 aliphatic heterocycles. The first-order valence-corrected chi connectivity index (χ1v) is 11.4. The number of ether oxygens (including phenoxy) is 4. The second-order valence-corrected chi connectivity index (χ2v) is 8.35. The summed E-state index contributed by atoms with van der Waals surface area (Å²) in [7, 11) is 4.66. The summed E-state index contributed by atoms with van der Waals surface area (Å²) in [6.45, 7) is -0.280. The molecule has 4 rings (SSSR count). The quantitative estimate of drug-likeness (QED) is 0.424. The minimum atomic E-state index is -0.339. The lowest BCUT2D eigenvalue weighted by atomic mass is 10.0. The largest absolute Gasteiger partial charge is 0.497 e. The zero-order valence-corrected chi connectivity index (χ0v) is 19.8. The minimum absolute atomic E-state index is 0.280. The van der Waals surface area contributed by atoms with E-state index in [1.807, 2.05) is 35.7 Å². The molecular weight excluding hydrogens is 456 g/mol. The molecule has 0 aliphatic carbocycles. The van der Waals surface area contributed by atoms with E-state index in [2.05, 4.69) is 5.10 Å². The number of thiophene rings is 1. The standard InChI is InChI=1S/C25H24N2O6S/c1-30-18-7-9-21(17(11-18)14-28)33-15-25(29)27-20(13-19(26-27)24-5-4-10-34-24)16-6-8-22(31-2)23(12-16)32-3/h4-12,14,20H,13,15H2,1-3H3. The van der Waals surface area contributed by atoms with Crippen molar-refractivity contribution in [2.75, 3.05) is 27.9 Å². The van der Waals surface area contributed by atoms with E-state index in [0.717, 1.165) is 16.2 Å². The average Bonchev–Trinajstić information content (AvgIpc) is 3.57. The van der Waals surface area contributed by atoms with Crippen LogP contribution >= 0.6 is 11.3 Å². The third-order valence-corrected chi connectivity index (χ3v) is 6.38. The van der Waals surface area contributed by atoms with E-state index >= 15 is 0 Å². The number of benzene rings is 2. The molecule has 0 radical (unpaired) electrons. The van der Waals surface area contributed by atoms with Crippen LogP contribution < -0.4 is 18.9 Å². The van der Waals surface area contributed by atoms with Gasteiger partial charge in [-0.1, -0.05) is 12.1 Å². The van der Waals surface area contributed by atoms with Gasteiger partial charge in [0.05, 0.1) is 43.5 Å². The lowest BCUT2D eigenvalue weighted by molar-refractivity contribution is -0.135. The number of amides is 1. The first-order valence-electron chi connectivity index (χ1n) is 10.5. The molecule has 1 atom stereocenters. The number of methoxy groups -OCH3 is 3. The van der Waals surface area contributed by atoms with Crippen LogP contribution in [0.1, 0.15) is 33.3 Å². The topological polar surface area (TPSA) is 86.7 Å². The van der Waals surface area contributed by atoms with Crippen LogP contribution in [0.25, 0.3) is 0 Å². The van der Waals surface area contributed by atoms with E-state index in [9.17, 15) is 9.59 Å². The summed E-state index contributed by atoms with van der Waals surface area (Å²) in [6, 6.07) is 14.0. The number of hydrogen-bond donors (Lipinski definition) is 0. The molecule has 34 heavy (non-hydrogen) atoms. The predicted octanol–water partition coefficient (Wildman–Crippen LogP) is 4.34. The zero-order chi connectivity index (χ0) is 24.1. The Bertz CT molecular complexity index is 1210. The van der Waals surface area contributed by atoms with Crippen LogP contribution in [0.15, 0.2) is 59.0 Å². The number of aldehydes is 1. The number of carbonyl (C=O) groups is 2. The molecule has 2 heterocycles. The number of rotatable bonds is 9. The fourth-order valence-corrected chi connectivity index (χ4v) is 4.46. The fourth-order valence-electron chi connectivity index (χ4n) is 3.73. The van der Waals surface area contributed by atoms with Gasteiger partial charge in [0.25, 0.3) is 5.91 Å². The molecule has 0 bridgehead atoms. The van der Waals surface area contributed by atoms with Crippen LogP contribution in [-0.2, 0) is 4.79 Å². The highest BCUT2D eigenvalue weighted by molar-refractivity contribution is 7.12. The molecule has 0 spiro atoms. The molecule has 0 saturated heterocycles. The van der Waals surface area contributed by atoms with Gasteiger partial charge in [-0.2, -0.15) is 5.10 Å². The number of nitrogens with zero attached hydrogens (tertiary/aromatic N) is 2. The third-order valence-electron chi connectivity index (χ3n) is 5.46. The molecule has 1 amide bonds. The van der Waals surface area contributed by atoms with Crippen molar-refractivity contribution in [1.82, 2.24) is 5.01 Å². The zero-order valence-electron chi connectivity index (χ0n) is 19.0. The molecule has 0 saturated carbocycles. The highest BCUT2D eigenvalue weighted by Gasteiger charge is 2.34. The van der Waals surface area contributed by atoms with Gasteiger partial charge in [0.1, 0.15) is 11.5 Å². The maximum atomic E-state index is 13.2. The van der Waals surface area contributed by atoms with E-state index in [1.165, 1.54) is 12.1 Å². The lowest BCUT2D eigenvalue weighted by Crippen LogP contribution is -2.31. The molecule has 176 valence electrons. The molecule has 1 unspecified atom stereocenters. The first-order chi connectivity index (χ1) is 16.6. The minimum Gasteiger partial charge on any atom is -0.497 e. The van der Waals surface area contributed by atoms with E-state index in [-0.39, 0.29) is 18.6 Å². The van der Waals surface area contributed by atoms with Gasteiger partial charge in [-0.25, -0.2) is 5.01 Å². The average molecular weight is 481 g/mol. The van der Waals surface area contributed by atoms with Crippen molar-refractivity contribution >= 4 is 29.2 Å². The van der Waals surface area contributed by atoms with Gasteiger partial charge in [-0.05, 0) is 47.3 Å². The summed E-state index contributed by atoms with van der Waals surface area (Å²) in [4.78, 5) is 25.7. The summed E-state index contributed by atoms with van der Waals surface area (Å²) >= 11 is 1.57. The Balaban J connectivity index is 1.60. The van der Waals surface area contributed by atoms with Gasteiger partial charge in [0, 0.05) is 6.42 Å². The van der Waals surface area contributed by atoms with Crippen LogP contribution in [0.3, 0.4) is 0 Å². The number of carbonyl (C=O) groups excluding carboxylic acids is 2. The van der Waals surface area contributed by atoms with Gasteiger partial charge >= 0.3 is 0 Å². The third kappa shape index (κ3) is 4.74. The van der Waals surface area contributed by atoms with Crippen LogP contribution in [0, 0.1) is 0 Å². The van der Waals surface area contributed by atoms with Crippen LogP contribution in [-0.4, -0.2) is 50.9 Å². The van der Waals surface area contributed by atoms with Gasteiger partial charge in [0.15, 0.2) is 24.4 Å². The predicted molar refractivity (Wildman–Crippen MR) is 128 cm³/mol. The molecule has 8 nitrogen and oxygen atoms in total. The van der Waals surface area contributed by atoms with Crippen molar-refractivity contribution in [3.05, 3.63) is 69.9 Å². The smallest absolute Gasteiger partial charge is 0.281 e. The van der Waals surface area contributed by atoms with E-state index in [0.29, 0.717) is 41.3 Å². The van der Waals surface area contributed by atoms with Gasteiger partial charge in [0.2, 0.25) is 0 Å². The van der Waals surface area contributed by atoms with Crippen molar-refractivity contribution in [2.45, 2.75) is 12.5 Å². The summed E-state index contributed by atoms with van der Waals surface area (Å²) < 4.78 is 21.6. The Morgan fingerprint density at radius 2 is 1.85 bits per heavy atom. The highest BCUT2D eigenvalue weighted by atomic mass is 32.1. The summed E-state index contributed by atoms with van der Waals surface area (Å²) in [5.74, 6) is 1.67. The molecule has 0 N–H and O–H groups in total. The second kappa shape index (κ2) is 10.4.